The zero-order valence-corrected chi connectivity index (χ0v) is 22.0. The van der Waals surface area contributed by atoms with E-state index in [-0.39, 0.29) is 23.8 Å². The summed E-state index contributed by atoms with van der Waals surface area (Å²) in [7, 11) is -2.49. The van der Waals surface area contributed by atoms with E-state index in [4.69, 9.17) is 20.6 Å². The molecule has 0 saturated heterocycles. The molecule has 0 aliphatic heterocycles. The third-order valence-corrected chi connectivity index (χ3v) is 6.52. The van der Waals surface area contributed by atoms with Crippen molar-refractivity contribution in [2.75, 3.05) is 13.7 Å². The van der Waals surface area contributed by atoms with Gasteiger partial charge in [0.1, 0.15) is 11.4 Å². The maximum atomic E-state index is 12.9. The number of aliphatic hydroxyl groups excluding tert-OH is 1. The Bertz CT molecular complexity index is 1130. The number of carbonyl (C=O) groups excluding carboxylic acids is 1. The van der Waals surface area contributed by atoms with Crippen LogP contribution in [-0.2, 0) is 14.8 Å². The minimum Gasteiger partial charge on any atom is -0.504 e. The lowest BCUT2D eigenvalue weighted by molar-refractivity contribution is 0.0498. The Morgan fingerprint density at radius 3 is 2.49 bits per heavy atom. The molecule has 0 aliphatic carbocycles. The summed E-state index contributed by atoms with van der Waals surface area (Å²) in [6, 6.07) is 0.724. The number of nitrogens with zero attached hydrogens (tertiary/aromatic N) is 3. The first-order valence-electron chi connectivity index (χ1n) is 10.8. The van der Waals surface area contributed by atoms with Crippen molar-refractivity contribution in [3.8, 4) is 5.75 Å². The van der Waals surface area contributed by atoms with Crippen molar-refractivity contribution in [2.24, 2.45) is 10.7 Å². The number of nitrogens with one attached hydrogen (secondary N) is 2. The molecule has 5 N–H and O–H groups in total. The number of aliphatic hydroxyl groups is 1. The fraction of sp³-hybridized carbons (Fsp3) is 0.545. The predicted octanol–water partition coefficient (Wildman–Crippen LogP) is 3.14. The first-order valence-corrected chi connectivity index (χ1v) is 12.3. The average Bonchev–Trinajstić information content (AvgIpc) is 2.71. The van der Waals surface area contributed by atoms with E-state index in [1.807, 2.05) is 0 Å². The Kier molecular flexibility index (Phi) is 10.3. The van der Waals surface area contributed by atoms with Gasteiger partial charge in [-0.2, -0.15) is 0 Å². The Balaban J connectivity index is 2.88. The standard InChI is InChI=1S/C22H34N6O6S/c1-13-11-18(33-7)14(2)15(3)19(13)35(31,32)28-20(23)25-10-8-9-16(17(29)12-26-24)27-21(30)34-22(4,5)6/h11-12,16H,8-10H2,1-7H3,(H4-,23,25,27,28,29,30)/p+1/b17-12-/t16-/m0/s1. The number of carbonyl (C=O) groups is 1. The summed E-state index contributed by atoms with van der Waals surface area (Å²) in [4.78, 5) is 18.9. The van der Waals surface area contributed by atoms with Gasteiger partial charge < -0.3 is 25.6 Å². The highest BCUT2D eigenvalue weighted by Crippen LogP contribution is 2.30. The smallest absolute Gasteiger partial charge is 0.408 e. The monoisotopic (exact) mass is 511 g/mol. The molecule has 1 atom stereocenters. The molecular weight excluding hydrogens is 476 g/mol. The van der Waals surface area contributed by atoms with Crippen LogP contribution in [0.15, 0.2) is 27.9 Å². The van der Waals surface area contributed by atoms with Gasteiger partial charge in [0.25, 0.3) is 10.0 Å². The van der Waals surface area contributed by atoms with Crippen molar-refractivity contribution in [2.45, 2.75) is 70.9 Å². The van der Waals surface area contributed by atoms with Gasteiger partial charge in [0.05, 0.1) is 18.0 Å². The van der Waals surface area contributed by atoms with Gasteiger partial charge in [-0.25, -0.2) is 17.9 Å². The first kappa shape index (κ1) is 29.5. The van der Waals surface area contributed by atoms with Gasteiger partial charge in [0.15, 0.2) is 4.98 Å². The molecule has 1 aromatic rings. The van der Waals surface area contributed by atoms with E-state index >= 15 is 0 Å². The van der Waals surface area contributed by atoms with Crippen LogP contribution in [0.1, 0.15) is 50.3 Å². The normalized spacial score (nSPS) is 13.5. The van der Waals surface area contributed by atoms with Crippen molar-refractivity contribution in [3.05, 3.63) is 39.7 Å². The van der Waals surface area contributed by atoms with Crippen molar-refractivity contribution in [3.63, 3.8) is 0 Å². The van der Waals surface area contributed by atoms with E-state index in [1.54, 1.807) is 47.6 Å². The van der Waals surface area contributed by atoms with E-state index in [9.17, 15) is 18.3 Å². The van der Waals surface area contributed by atoms with Crippen molar-refractivity contribution >= 4 is 22.1 Å². The molecular formula is C22H35N6O6S+. The Labute approximate surface area is 206 Å². The Morgan fingerprint density at radius 2 is 1.94 bits per heavy atom. The van der Waals surface area contributed by atoms with Gasteiger partial charge >= 0.3 is 12.3 Å². The lowest BCUT2D eigenvalue weighted by atomic mass is 10.1. The van der Waals surface area contributed by atoms with E-state index in [0.29, 0.717) is 28.9 Å². The van der Waals surface area contributed by atoms with Crippen LogP contribution in [0.4, 0.5) is 4.79 Å². The number of aryl methyl sites for hydroxylation is 1. The first-order chi connectivity index (χ1) is 16.1. The molecule has 0 bridgehead atoms. The number of amides is 1. The summed E-state index contributed by atoms with van der Waals surface area (Å²) >= 11 is 0. The molecule has 0 aliphatic rings. The highest BCUT2D eigenvalue weighted by Gasteiger charge is 2.25. The second-order valence-corrected chi connectivity index (χ2v) is 10.5. The largest absolute Gasteiger partial charge is 0.504 e. The third-order valence-electron chi connectivity index (χ3n) is 4.88. The SMILES string of the molecule is COc1cc(C)c(S(=O)(=O)NC(N)=NCCC[C@H](NC(=O)OC(C)(C)C)/C(O)=C/[N+]#N)c(C)c1C. The quantitative estimate of drug-likeness (QED) is 0.128. The number of aliphatic imine (C=N–C) groups is 1. The van der Waals surface area contributed by atoms with Crippen LogP contribution in [0.5, 0.6) is 5.75 Å². The minimum absolute atomic E-state index is 0.0873. The Hall–Kier alpha value is -3.53. The number of hydrogen-bond donors (Lipinski definition) is 4. The Morgan fingerprint density at radius 1 is 1.31 bits per heavy atom. The number of sulfonamides is 1. The second kappa shape index (κ2) is 12.3. The van der Waals surface area contributed by atoms with Crippen LogP contribution in [0, 0.1) is 26.2 Å². The number of diazo groups is 1. The molecule has 35 heavy (non-hydrogen) atoms. The van der Waals surface area contributed by atoms with Crippen molar-refractivity contribution < 1.29 is 27.8 Å². The molecule has 1 rings (SSSR count). The number of benzene rings is 1. The number of ether oxygens (including phenoxy) is 2. The van der Waals surface area contributed by atoms with Gasteiger partial charge in [-0.3, -0.25) is 4.99 Å². The van der Waals surface area contributed by atoms with E-state index in [1.165, 1.54) is 7.11 Å². The third kappa shape index (κ3) is 8.97. The minimum atomic E-state index is -4.00. The summed E-state index contributed by atoms with van der Waals surface area (Å²) < 4.78 is 38.6. The highest BCUT2D eigenvalue weighted by molar-refractivity contribution is 7.90. The summed E-state index contributed by atoms with van der Waals surface area (Å²) in [5.74, 6) is -0.114. The average molecular weight is 512 g/mol. The van der Waals surface area contributed by atoms with Crippen molar-refractivity contribution in [1.82, 2.24) is 10.0 Å². The zero-order chi connectivity index (χ0) is 27.0. The van der Waals surface area contributed by atoms with Crippen molar-refractivity contribution in [1.29, 1.82) is 5.39 Å². The molecule has 0 heterocycles. The molecule has 0 saturated carbocycles. The van der Waals surface area contributed by atoms with Gasteiger partial charge in [0, 0.05) is 6.54 Å². The fourth-order valence-corrected chi connectivity index (χ4v) is 4.74. The van der Waals surface area contributed by atoms with Crippen LogP contribution in [-0.4, -0.2) is 50.9 Å². The van der Waals surface area contributed by atoms with Gasteiger partial charge in [0.2, 0.25) is 17.1 Å². The summed E-state index contributed by atoms with van der Waals surface area (Å²) in [6.07, 6.45) is 0.495. The topological polar surface area (TPSA) is 180 Å². The zero-order valence-electron chi connectivity index (χ0n) is 21.2. The maximum Gasteiger partial charge on any atom is 0.408 e. The molecule has 0 unspecified atom stereocenters. The molecule has 194 valence electrons. The number of guanidine groups is 1. The van der Waals surface area contributed by atoms with Gasteiger partial charge in [-0.1, -0.05) is 0 Å². The van der Waals surface area contributed by atoms with Gasteiger partial charge in [-0.05, 0) is 77.1 Å². The molecule has 0 spiro atoms. The fourth-order valence-electron chi connectivity index (χ4n) is 3.26. The summed E-state index contributed by atoms with van der Waals surface area (Å²) in [6.45, 7) is 10.3. The number of nitrogens with two attached hydrogens (primary N) is 1. The lowest BCUT2D eigenvalue weighted by Gasteiger charge is -2.22. The molecule has 0 radical (unpaired) electrons. The summed E-state index contributed by atoms with van der Waals surface area (Å²) in [5, 5.41) is 21.2. The van der Waals surface area contributed by atoms with Crippen LogP contribution in [0.3, 0.4) is 0 Å². The number of rotatable bonds is 9. The van der Waals surface area contributed by atoms with Crippen LogP contribution < -0.4 is 20.5 Å². The van der Waals surface area contributed by atoms with Gasteiger partial charge in [-0.15, -0.1) is 0 Å². The van der Waals surface area contributed by atoms with Crippen LogP contribution >= 0.6 is 0 Å². The second-order valence-electron chi connectivity index (χ2n) is 8.86. The lowest BCUT2D eigenvalue weighted by Crippen LogP contribution is -2.40. The number of methoxy groups -OCH3 is 1. The highest BCUT2D eigenvalue weighted by atomic mass is 32.2. The number of hydrogen-bond acceptors (Lipinski definition) is 8. The van der Waals surface area contributed by atoms with E-state index in [2.05, 4.69) is 20.0 Å². The predicted molar refractivity (Wildman–Crippen MR) is 132 cm³/mol. The maximum absolute atomic E-state index is 12.9. The molecule has 0 aromatic heterocycles. The molecule has 13 heteroatoms. The van der Waals surface area contributed by atoms with Crippen LogP contribution in [0.2, 0.25) is 0 Å². The van der Waals surface area contributed by atoms with E-state index in [0.717, 1.165) is 6.20 Å². The molecule has 1 aromatic carbocycles. The number of alkyl carbamates (subject to hydrolysis) is 1. The van der Waals surface area contributed by atoms with E-state index < -0.39 is 33.5 Å². The summed E-state index contributed by atoms with van der Waals surface area (Å²) in [5.41, 5.74) is 6.79. The molecule has 0 fully saturated rings. The molecule has 1 amide bonds. The molecule has 12 nitrogen and oxygen atoms in total. The van der Waals surface area contributed by atoms with Crippen LogP contribution in [0.25, 0.3) is 4.98 Å².